The number of phenols is 1. The van der Waals surface area contributed by atoms with Crippen LogP contribution < -0.4 is 0 Å². The molecular formula is C8H6Br2O2. The monoisotopic (exact) mass is 292 g/mol. The average molecular weight is 294 g/mol. The Morgan fingerprint density at radius 2 is 1.83 bits per heavy atom. The lowest BCUT2D eigenvalue weighted by Crippen LogP contribution is -1.92. The van der Waals surface area contributed by atoms with Gasteiger partial charge in [-0.2, -0.15) is 0 Å². The molecule has 4 heteroatoms. The van der Waals surface area contributed by atoms with Crippen LogP contribution in [-0.4, -0.2) is 10.9 Å². The number of halogens is 2. The number of phenolic OH excluding ortho intramolecular Hbond substituents is 1. The number of benzene rings is 1. The fraction of sp³-hybridized carbons (Fsp3) is 0.125. The van der Waals surface area contributed by atoms with E-state index in [1.165, 1.54) is 13.0 Å². The lowest BCUT2D eigenvalue weighted by atomic mass is 10.1. The van der Waals surface area contributed by atoms with Crippen LogP contribution >= 0.6 is 31.9 Å². The summed E-state index contributed by atoms with van der Waals surface area (Å²) in [5.74, 6) is -0.154. The van der Waals surface area contributed by atoms with Gasteiger partial charge in [-0.25, -0.2) is 0 Å². The minimum Gasteiger partial charge on any atom is -0.507 e. The number of ketones is 1. The van der Waals surface area contributed by atoms with Crippen molar-refractivity contribution in [2.75, 3.05) is 0 Å². The number of carbonyl (C=O) groups excluding carboxylic acids is 1. The smallest absolute Gasteiger partial charge is 0.163 e. The largest absolute Gasteiger partial charge is 0.507 e. The first-order chi connectivity index (χ1) is 5.52. The minimum atomic E-state index is -0.152. The molecule has 1 aromatic carbocycles. The van der Waals surface area contributed by atoms with Crippen LogP contribution in [0, 0.1) is 0 Å². The van der Waals surface area contributed by atoms with Crippen molar-refractivity contribution in [3.63, 3.8) is 0 Å². The first kappa shape index (κ1) is 9.74. The summed E-state index contributed by atoms with van der Waals surface area (Å²) >= 11 is 6.45. The van der Waals surface area contributed by atoms with Crippen molar-refractivity contribution in [1.82, 2.24) is 0 Å². The van der Waals surface area contributed by atoms with Crippen LogP contribution in [0.2, 0.25) is 0 Å². The van der Waals surface area contributed by atoms with Crippen molar-refractivity contribution in [3.8, 4) is 5.75 Å². The summed E-state index contributed by atoms with van der Waals surface area (Å²) in [4.78, 5) is 10.9. The molecule has 1 N–H and O–H groups in total. The van der Waals surface area contributed by atoms with Crippen LogP contribution in [0.1, 0.15) is 17.3 Å². The number of carbonyl (C=O) groups is 1. The van der Waals surface area contributed by atoms with Crippen molar-refractivity contribution in [2.24, 2.45) is 0 Å². The molecule has 0 fully saturated rings. The summed E-state index contributed by atoms with van der Waals surface area (Å²) < 4.78 is 1.48. The molecular weight excluding hydrogens is 288 g/mol. The zero-order chi connectivity index (χ0) is 9.30. The van der Waals surface area contributed by atoms with E-state index in [1.807, 2.05) is 0 Å². The SMILES string of the molecule is CC(=O)c1cc(Br)c(Br)cc1O. The standard InChI is InChI=1S/C8H6Br2O2/c1-4(11)5-2-6(9)7(10)3-8(5)12/h2-3,12H,1H3. The third kappa shape index (κ3) is 1.87. The molecule has 0 aliphatic carbocycles. The fourth-order valence-electron chi connectivity index (χ4n) is 0.818. The van der Waals surface area contributed by atoms with Gasteiger partial charge in [0.05, 0.1) is 5.56 Å². The van der Waals surface area contributed by atoms with Crippen molar-refractivity contribution in [2.45, 2.75) is 6.92 Å². The normalized spacial score (nSPS) is 9.92. The van der Waals surface area contributed by atoms with E-state index >= 15 is 0 Å². The third-order valence-electron chi connectivity index (χ3n) is 1.42. The van der Waals surface area contributed by atoms with Gasteiger partial charge in [0.1, 0.15) is 5.75 Å². The van der Waals surface area contributed by atoms with Crippen LogP contribution in [0.25, 0.3) is 0 Å². The van der Waals surface area contributed by atoms with Crippen LogP contribution in [0.3, 0.4) is 0 Å². The maximum Gasteiger partial charge on any atom is 0.163 e. The maximum absolute atomic E-state index is 10.9. The maximum atomic E-state index is 10.9. The Balaban J connectivity index is 3.33. The summed E-state index contributed by atoms with van der Waals surface area (Å²) in [7, 11) is 0. The first-order valence-electron chi connectivity index (χ1n) is 3.21. The summed E-state index contributed by atoms with van der Waals surface area (Å²) in [6, 6.07) is 3.07. The van der Waals surface area contributed by atoms with Crippen LogP contribution in [-0.2, 0) is 0 Å². The fourth-order valence-corrected chi connectivity index (χ4v) is 1.49. The van der Waals surface area contributed by atoms with E-state index in [-0.39, 0.29) is 11.5 Å². The van der Waals surface area contributed by atoms with Crippen molar-refractivity contribution in [1.29, 1.82) is 0 Å². The van der Waals surface area contributed by atoms with Crippen LogP contribution in [0.4, 0.5) is 0 Å². The zero-order valence-electron chi connectivity index (χ0n) is 6.27. The highest BCUT2D eigenvalue weighted by Crippen LogP contribution is 2.30. The van der Waals surface area contributed by atoms with E-state index in [1.54, 1.807) is 6.07 Å². The van der Waals surface area contributed by atoms with Gasteiger partial charge in [-0.15, -0.1) is 0 Å². The van der Waals surface area contributed by atoms with Gasteiger partial charge in [0, 0.05) is 8.95 Å². The molecule has 0 aliphatic rings. The Kier molecular flexibility index (Phi) is 2.90. The Morgan fingerprint density at radius 1 is 1.33 bits per heavy atom. The molecule has 64 valence electrons. The van der Waals surface area contributed by atoms with Crippen LogP contribution in [0.15, 0.2) is 21.1 Å². The van der Waals surface area contributed by atoms with Gasteiger partial charge < -0.3 is 5.11 Å². The Morgan fingerprint density at radius 3 is 2.33 bits per heavy atom. The molecule has 0 saturated heterocycles. The van der Waals surface area contributed by atoms with Crippen LogP contribution in [0.5, 0.6) is 5.75 Å². The number of hydrogen-bond donors (Lipinski definition) is 1. The highest BCUT2D eigenvalue weighted by molar-refractivity contribution is 9.13. The summed E-state index contributed by atoms with van der Waals surface area (Å²) in [6.45, 7) is 1.41. The van der Waals surface area contributed by atoms with E-state index < -0.39 is 0 Å². The van der Waals surface area contributed by atoms with Gasteiger partial charge in [0.2, 0.25) is 0 Å². The predicted molar refractivity (Wildman–Crippen MR) is 53.5 cm³/mol. The Hall–Kier alpha value is -0.350. The third-order valence-corrected chi connectivity index (χ3v) is 3.26. The van der Waals surface area contributed by atoms with Gasteiger partial charge in [-0.05, 0) is 50.9 Å². The first-order valence-corrected chi connectivity index (χ1v) is 4.80. The topological polar surface area (TPSA) is 37.3 Å². The highest BCUT2D eigenvalue weighted by atomic mass is 79.9. The number of Topliss-reactive ketones (excluding diaryl/α,β-unsaturated/α-hetero) is 1. The second-order valence-electron chi connectivity index (χ2n) is 2.34. The van der Waals surface area contributed by atoms with E-state index in [0.717, 1.165) is 8.95 Å². The zero-order valence-corrected chi connectivity index (χ0v) is 9.44. The molecule has 0 bridgehead atoms. The molecule has 2 nitrogen and oxygen atoms in total. The molecule has 0 amide bonds. The van der Waals surface area contributed by atoms with Gasteiger partial charge in [0.15, 0.2) is 5.78 Å². The molecule has 0 unspecified atom stereocenters. The minimum absolute atomic E-state index is 0.00225. The molecule has 1 aromatic rings. The molecule has 0 heterocycles. The average Bonchev–Trinajstić information content (AvgIpc) is 1.96. The lowest BCUT2D eigenvalue weighted by Gasteiger charge is -2.02. The summed E-state index contributed by atoms with van der Waals surface area (Å²) in [5.41, 5.74) is 0.324. The second kappa shape index (κ2) is 3.58. The molecule has 0 atom stereocenters. The van der Waals surface area contributed by atoms with E-state index in [4.69, 9.17) is 0 Å². The Labute approximate surface area is 86.9 Å². The molecule has 0 spiro atoms. The van der Waals surface area contributed by atoms with Crippen molar-refractivity contribution in [3.05, 3.63) is 26.6 Å². The van der Waals surface area contributed by atoms with Crippen molar-refractivity contribution >= 4 is 37.6 Å². The number of rotatable bonds is 1. The van der Waals surface area contributed by atoms with Gasteiger partial charge in [-0.1, -0.05) is 0 Å². The van der Waals surface area contributed by atoms with E-state index in [2.05, 4.69) is 31.9 Å². The lowest BCUT2D eigenvalue weighted by molar-refractivity contribution is 0.101. The molecule has 0 aromatic heterocycles. The molecule has 0 saturated carbocycles. The summed E-state index contributed by atoms with van der Waals surface area (Å²) in [6.07, 6.45) is 0. The predicted octanol–water partition coefficient (Wildman–Crippen LogP) is 3.12. The van der Waals surface area contributed by atoms with Crippen molar-refractivity contribution < 1.29 is 9.90 Å². The molecule has 0 radical (unpaired) electrons. The Bertz CT molecular complexity index is 334. The van der Waals surface area contributed by atoms with Gasteiger partial charge >= 0.3 is 0 Å². The van der Waals surface area contributed by atoms with Gasteiger partial charge in [-0.3, -0.25) is 4.79 Å². The molecule has 12 heavy (non-hydrogen) atoms. The molecule has 0 aliphatic heterocycles. The number of aromatic hydroxyl groups is 1. The second-order valence-corrected chi connectivity index (χ2v) is 4.05. The number of hydrogen-bond acceptors (Lipinski definition) is 2. The quantitative estimate of drug-likeness (QED) is 0.808. The molecule has 1 rings (SSSR count). The van der Waals surface area contributed by atoms with E-state index in [0.29, 0.717) is 5.56 Å². The van der Waals surface area contributed by atoms with E-state index in [9.17, 15) is 9.90 Å². The summed E-state index contributed by atoms with van der Waals surface area (Å²) in [5, 5.41) is 9.31. The highest BCUT2D eigenvalue weighted by Gasteiger charge is 2.08. The van der Waals surface area contributed by atoms with Gasteiger partial charge in [0.25, 0.3) is 0 Å².